The molecular formula is C11H15N3. The van der Waals surface area contributed by atoms with E-state index in [4.69, 9.17) is 0 Å². The summed E-state index contributed by atoms with van der Waals surface area (Å²) in [5, 5.41) is 3.30. The summed E-state index contributed by atoms with van der Waals surface area (Å²) < 4.78 is 2.14. The largest absolute Gasteiger partial charge is 0.311 e. The molecule has 74 valence electrons. The van der Waals surface area contributed by atoms with E-state index in [9.17, 15) is 0 Å². The van der Waals surface area contributed by atoms with E-state index in [1.54, 1.807) is 0 Å². The van der Waals surface area contributed by atoms with Gasteiger partial charge in [0.25, 0.3) is 0 Å². The average molecular weight is 189 g/mol. The lowest BCUT2D eigenvalue weighted by Crippen LogP contribution is -2.13. The van der Waals surface area contributed by atoms with Gasteiger partial charge >= 0.3 is 0 Å². The van der Waals surface area contributed by atoms with Crippen molar-refractivity contribution in [1.29, 1.82) is 0 Å². The number of fused-ring (bicyclic) bond motifs is 1. The Labute approximate surface area is 83.8 Å². The zero-order valence-electron chi connectivity index (χ0n) is 8.62. The molecule has 0 aromatic carbocycles. The van der Waals surface area contributed by atoms with Crippen LogP contribution in [0.3, 0.4) is 0 Å². The lowest BCUT2D eigenvalue weighted by molar-refractivity contribution is 0.705. The van der Waals surface area contributed by atoms with Crippen LogP contribution in [0.15, 0.2) is 24.5 Å². The van der Waals surface area contributed by atoms with Crippen molar-refractivity contribution < 1.29 is 0 Å². The maximum absolute atomic E-state index is 4.39. The minimum absolute atomic E-state index is 0.876. The Morgan fingerprint density at radius 3 is 3.14 bits per heavy atom. The van der Waals surface area contributed by atoms with Crippen molar-refractivity contribution >= 4 is 5.65 Å². The van der Waals surface area contributed by atoms with Crippen LogP contribution in [0.1, 0.15) is 18.2 Å². The van der Waals surface area contributed by atoms with E-state index in [1.807, 2.05) is 6.20 Å². The van der Waals surface area contributed by atoms with Gasteiger partial charge in [-0.3, -0.25) is 0 Å². The summed E-state index contributed by atoms with van der Waals surface area (Å²) in [6, 6.07) is 4.14. The van der Waals surface area contributed by atoms with Gasteiger partial charge in [-0.15, -0.1) is 0 Å². The molecule has 3 heteroatoms. The maximum atomic E-state index is 4.39. The van der Waals surface area contributed by atoms with Gasteiger partial charge in [-0.2, -0.15) is 0 Å². The van der Waals surface area contributed by atoms with Crippen LogP contribution in [0.25, 0.3) is 5.65 Å². The summed E-state index contributed by atoms with van der Waals surface area (Å²) in [4.78, 5) is 4.39. The first kappa shape index (κ1) is 9.21. The number of hydrogen-bond donors (Lipinski definition) is 1. The third-order valence-electron chi connectivity index (χ3n) is 2.36. The summed E-state index contributed by atoms with van der Waals surface area (Å²) in [6.45, 7) is 6.05. The van der Waals surface area contributed by atoms with Gasteiger partial charge in [-0.05, 0) is 25.1 Å². The minimum Gasteiger partial charge on any atom is -0.311 e. The van der Waals surface area contributed by atoms with Gasteiger partial charge < -0.3 is 9.72 Å². The first-order valence-electron chi connectivity index (χ1n) is 4.95. The van der Waals surface area contributed by atoms with Crippen molar-refractivity contribution in [1.82, 2.24) is 14.7 Å². The van der Waals surface area contributed by atoms with Crippen LogP contribution in [0.2, 0.25) is 0 Å². The number of nitrogens with one attached hydrogen (secondary N) is 1. The van der Waals surface area contributed by atoms with Gasteiger partial charge in [-0.1, -0.05) is 13.0 Å². The Morgan fingerprint density at radius 2 is 2.36 bits per heavy atom. The molecular weight excluding hydrogens is 174 g/mol. The molecule has 2 rings (SSSR count). The summed E-state index contributed by atoms with van der Waals surface area (Å²) in [5.74, 6) is 0. The number of hydrogen-bond acceptors (Lipinski definition) is 2. The van der Waals surface area contributed by atoms with Gasteiger partial charge in [0.15, 0.2) is 0 Å². The Balaban J connectivity index is 2.42. The van der Waals surface area contributed by atoms with Crippen LogP contribution in [-0.2, 0) is 6.54 Å². The van der Waals surface area contributed by atoms with Crippen LogP contribution in [0, 0.1) is 6.92 Å². The SMILES string of the molecule is CCNCc1cnc2c(C)cccn12. The van der Waals surface area contributed by atoms with Crippen LogP contribution in [0.5, 0.6) is 0 Å². The normalized spacial score (nSPS) is 11.0. The van der Waals surface area contributed by atoms with E-state index < -0.39 is 0 Å². The van der Waals surface area contributed by atoms with Gasteiger partial charge in [0.2, 0.25) is 0 Å². The second-order valence-electron chi connectivity index (χ2n) is 3.41. The molecule has 0 atom stereocenters. The Morgan fingerprint density at radius 1 is 1.50 bits per heavy atom. The van der Waals surface area contributed by atoms with E-state index in [1.165, 1.54) is 11.3 Å². The van der Waals surface area contributed by atoms with Gasteiger partial charge in [0.1, 0.15) is 5.65 Å². The van der Waals surface area contributed by atoms with Gasteiger partial charge in [-0.25, -0.2) is 4.98 Å². The summed E-state index contributed by atoms with van der Waals surface area (Å²) in [7, 11) is 0. The lowest BCUT2D eigenvalue weighted by atomic mass is 10.3. The number of rotatable bonds is 3. The molecule has 0 saturated carbocycles. The highest BCUT2D eigenvalue weighted by atomic mass is 15.0. The summed E-state index contributed by atoms with van der Waals surface area (Å²) >= 11 is 0. The van der Waals surface area contributed by atoms with Crippen molar-refractivity contribution in [3.8, 4) is 0 Å². The molecule has 0 unspecified atom stereocenters. The standard InChI is InChI=1S/C11H15N3/c1-3-12-7-10-8-13-11-9(2)5-4-6-14(10)11/h4-6,8,12H,3,7H2,1-2H3. The quantitative estimate of drug-likeness (QED) is 0.797. The molecule has 0 fully saturated rings. The highest BCUT2D eigenvalue weighted by molar-refractivity contribution is 5.48. The zero-order chi connectivity index (χ0) is 9.97. The summed E-state index contributed by atoms with van der Waals surface area (Å²) in [6.07, 6.45) is 3.99. The molecule has 14 heavy (non-hydrogen) atoms. The second kappa shape index (κ2) is 3.80. The molecule has 0 aliphatic rings. The molecule has 2 heterocycles. The second-order valence-corrected chi connectivity index (χ2v) is 3.41. The van der Waals surface area contributed by atoms with Crippen LogP contribution in [0.4, 0.5) is 0 Å². The Hall–Kier alpha value is -1.35. The number of pyridine rings is 1. The fraction of sp³-hybridized carbons (Fsp3) is 0.364. The molecule has 0 aliphatic carbocycles. The summed E-state index contributed by atoms with van der Waals surface area (Å²) in [5.41, 5.74) is 3.49. The third-order valence-corrected chi connectivity index (χ3v) is 2.36. The fourth-order valence-corrected chi connectivity index (χ4v) is 1.59. The zero-order valence-corrected chi connectivity index (χ0v) is 8.62. The molecule has 0 saturated heterocycles. The monoisotopic (exact) mass is 189 g/mol. The predicted molar refractivity (Wildman–Crippen MR) is 57.3 cm³/mol. The molecule has 0 amide bonds. The molecule has 0 spiro atoms. The molecule has 2 aromatic heterocycles. The van der Waals surface area contributed by atoms with Crippen molar-refractivity contribution in [2.24, 2.45) is 0 Å². The average Bonchev–Trinajstić information content (AvgIpc) is 2.60. The van der Waals surface area contributed by atoms with Crippen LogP contribution >= 0.6 is 0 Å². The Kier molecular flexibility index (Phi) is 2.50. The van der Waals surface area contributed by atoms with Crippen molar-refractivity contribution in [2.45, 2.75) is 20.4 Å². The van der Waals surface area contributed by atoms with Crippen LogP contribution in [-0.4, -0.2) is 15.9 Å². The minimum atomic E-state index is 0.876. The van der Waals surface area contributed by atoms with E-state index in [0.29, 0.717) is 0 Å². The van der Waals surface area contributed by atoms with E-state index in [-0.39, 0.29) is 0 Å². The van der Waals surface area contributed by atoms with Crippen molar-refractivity contribution in [2.75, 3.05) is 6.54 Å². The van der Waals surface area contributed by atoms with E-state index in [2.05, 4.69) is 46.9 Å². The lowest BCUT2D eigenvalue weighted by Gasteiger charge is -2.02. The number of aromatic nitrogens is 2. The van der Waals surface area contributed by atoms with Gasteiger partial charge in [0.05, 0.1) is 11.9 Å². The molecule has 0 aliphatic heterocycles. The van der Waals surface area contributed by atoms with Crippen molar-refractivity contribution in [3.05, 3.63) is 35.8 Å². The first-order valence-corrected chi connectivity index (χ1v) is 4.95. The van der Waals surface area contributed by atoms with E-state index in [0.717, 1.165) is 18.7 Å². The van der Waals surface area contributed by atoms with Gasteiger partial charge in [0, 0.05) is 12.7 Å². The third kappa shape index (κ3) is 1.51. The number of imidazole rings is 1. The highest BCUT2D eigenvalue weighted by Crippen LogP contribution is 2.10. The molecule has 3 nitrogen and oxygen atoms in total. The number of nitrogens with zero attached hydrogens (tertiary/aromatic N) is 2. The van der Waals surface area contributed by atoms with Crippen LogP contribution < -0.4 is 5.32 Å². The molecule has 0 radical (unpaired) electrons. The molecule has 0 bridgehead atoms. The molecule has 1 N–H and O–H groups in total. The highest BCUT2D eigenvalue weighted by Gasteiger charge is 2.03. The fourth-order valence-electron chi connectivity index (χ4n) is 1.59. The smallest absolute Gasteiger partial charge is 0.139 e. The maximum Gasteiger partial charge on any atom is 0.139 e. The van der Waals surface area contributed by atoms with Crippen molar-refractivity contribution in [3.63, 3.8) is 0 Å². The topological polar surface area (TPSA) is 29.3 Å². The Bertz CT molecular complexity index is 431. The first-order chi connectivity index (χ1) is 6.83. The van der Waals surface area contributed by atoms with E-state index >= 15 is 0 Å². The number of aryl methyl sites for hydroxylation is 1. The molecule has 2 aromatic rings. The predicted octanol–water partition coefficient (Wildman–Crippen LogP) is 1.75.